The fraction of sp³-hybridized carbons (Fsp3) is 0.538. The number of hydrogen-bond acceptors (Lipinski definition) is 4. The third-order valence-corrected chi connectivity index (χ3v) is 5.87. The number of aliphatic hydroxyl groups excluding tert-OH is 1. The number of unbranched alkanes of at least 4 members (excludes halogenated alkanes) is 1. The first-order chi connectivity index (χ1) is 14.9. The van der Waals surface area contributed by atoms with E-state index in [0.717, 1.165) is 24.3 Å². The lowest BCUT2D eigenvalue weighted by Crippen LogP contribution is -2.23. The van der Waals surface area contributed by atoms with Crippen molar-refractivity contribution in [2.75, 3.05) is 32.3 Å². The summed E-state index contributed by atoms with van der Waals surface area (Å²) >= 11 is 5.84. The molecule has 0 unspecified atom stereocenters. The SMILES string of the molecule is CCCCOC[C@@H](O)COc1ccc(C(C)(C)c2ccc(OC[C@H](C)CCl)cc2)cc1. The zero-order chi connectivity index (χ0) is 22.7. The molecule has 0 amide bonds. The molecule has 2 aromatic rings. The summed E-state index contributed by atoms with van der Waals surface area (Å²) in [5.41, 5.74) is 2.24. The minimum Gasteiger partial charge on any atom is -0.493 e. The lowest BCUT2D eigenvalue weighted by Gasteiger charge is -2.26. The van der Waals surface area contributed by atoms with E-state index in [1.54, 1.807) is 0 Å². The van der Waals surface area contributed by atoms with Gasteiger partial charge in [0.05, 0.1) is 13.2 Å². The number of alkyl halides is 1. The van der Waals surface area contributed by atoms with Gasteiger partial charge in [0.2, 0.25) is 0 Å². The monoisotopic (exact) mass is 448 g/mol. The van der Waals surface area contributed by atoms with Gasteiger partial charge in [-0.1, -0.05) is 58.4 Å². The summed E-state index contributed by atoms with van der Waals surface area (Å²) in [4.78, 5) is 0. The summed E-state index contributed by atoms with van der Waals surface area (Å²) in [6.45, 7) is 10.4. The molecule has 172 valence electrons. The molecule has 0 aliphatic heterocycles. The molecule has 2 atom stereocenters. The van der Waals surface area contributed by atoms with Crippen molar-refractivity contribution >= 4 is 11.6 Å². The number of halogens is 1. The molecule has 2 aromatic carbocycles. The van der Waals surface area contributed by atoms with Gasteiger partial charge in [0.15, 0.2) is 0 Å². The molecule has 31 heavy (non-hydrogen) atoms. The first-order valence-corrected chi connectivity index (χ1v) is 11.7. The molecule has 0 aromatic heterocycles. The van der Waals surface area contributed by atoms with Crippen molar-refractivity contribution < 1.29 is 19.3 Å². The number of benzene rings is 2. The van der Waals surface area contributed by atoms with Crippen molar-refractivity contribution in [2.24, 2.45) is 5.92 Å². The Morgan fingerprint density at radius 1 is 0.871 bits per heavy atom. The Morgan fingerprint density at radius 3 is 1.87 bits per heavy atom. The Labute approximate surface area is 192 Å². The summed E-state index contributed by atoms with van der Waals surface area (Å²) in [6.07, 6.45) is 1.47. The number of hydrogen-bond donors (Lipinski definition) is 1. The van der Waals surface area contributed by atoms with Crippen LogP contribution in [0.2, 0.25) is 0 Å². The van der Waals surface area contributed by atoms with Crippen LogP contribution in [0.25, 0.3) is 0 Å². The molecule has 0 bridgehead atoms. The first-order valence-electron chi connectivity index (χ1n) is 11.1. The maximum atomic E-state index is 9.98. The highest BCUT2D eigenvalue weighted by atomic mass is 35.5. The summed E-state index contributed by atoms with van der Waals surface area (Å²) in [6, 6.07) is 16.3. The van der Waals surface area contributed by atoms with Gasteiger partial charge in [-0.2, -0.15) is 0 Å². The van der Waals surface area contributed by atoms with Crippen LogP contribution in [0.4, 0.5) is 0 Å². The van der Waals surface area contributed by atoms with E-state index in [2.05, 4.69) is 52.0 Å². The molecule has 4 nitrogen and oxygen atoms in total. The van der Waals surface area contributed by atoms with Crippen LogP contribution in [0.1, 0.15) is 51.7 Å². The molecule has 2 rings (SSSR count). The first kappa shape index (κ1) is 25.5. The number of rotatable bonds is 14. The third kappa shape index (κ3) is 8.36. The smallest absolute Gasteiger partial charge is 0.119 e. The van der Waals surface area contributed by atoms with Crippen molar-refractivity contribution in [3.8, 4) is 11.5 Å². The Morgan fingerprint density at radius 2 is 1.39 bits per heavy atom. The van der Waals surface area contributed by atoms with E-state index in [9.17, 15) is 5.11 Å². The van der Waals surface area contributed by atoms with Gasteiger partial charge in [0.25, 0.3) is 0 Å². The van der Waals surface area contributed by atoms with Gasteiger partial charge in [-0.3, -0.25) is 0 Å². The zero-order valence-corrected chi connectivity index (χ0v) is 20.0. The molecule has 1 N–H and O–H groups in total. The van der Waals surface area contributed by atoms with Crippen LogP contribution in [-0.2, 0) is 10.2 Å². The van der Waals surface area contributed by atoms with Gasteiger partial charge in [-0.15, -0.1) is 11.6 Å². The van der Waals surface area contributed by atoms with Crippen LogP contribution in [0.15, 0.2) is 48.5 Å². The van der Waals surface area contributed by atoms with Crippen LogP contribution >= 0.6 is 11.6 Å². The van der Waals surface area contributed by atoms with Crippen molar-refractivity contribution in [1.29, 1.82) is 0 Å². The highest BCUT2D eigenvalue weighted by Crippen LogP contribution is 2.33. The highest BCUT2D eigenvalue weighted by molar-refractivity contribution is 6.18. The fourth-order valence-electron chi connectivity index (χ4n) is 3.09. The molecule has 0 radical (unpaired) electrons. The Balaban J connectivity index is 1.90. The predicted octanol–water partition coefficient (Wildman–Crippen LogP) is 5.82. The molecule has 0 saturated carbocycles. The predicted molar refractivity (Wildman–Crippen MR) is 128 cm³/mol. The van der Waals surface area contributed by atoms with Crippen LogP contribution in [0.3, 0.4) is 0 Å². The van der Waals surface area contributed by atoms with E-state index in [1.165, 1.54) is 11.1 Å². The maximum Gasteiger partial charge on any atom is 0.119 e. The molecule has 0 aliphatic carbocycles. The Bertz CT molecular complexity index is 743. The van der Waals surface area contributed by atoms with Gasteiger partial charge in [0.1, 0.15) is 24.2 Å². The van der Waals surface area contributed by atoms with E-state index in [1.807, 2.05) is 24.3 Å². The van der Waals surface area contributed by atoms with E-state index >= 15 is 0 Å². The quantitative estimate of drug-likeness (QED) is 0.292. The summed E-state index contributed by atoms with van der Waals surface area (Å²) in [5, 5.41) is 9.98. The fourth-order valence-corrected chi connectivity index (χ4v) is 3.18. The second kappa shape index (κ2) is 12.9. The maximum absolute atomic E-state index is 9.98. The van der Waals surface area contributed by atoms with Gasteiger partial charge in [0, 0.05) is 23.8 Å². The molecular weight excluding hydrogens is 412 g/mol. The standard InChI is InChI=1S/C26H37ClO4/c1-5-6-15-29-18-23(28)19-31-25-13-9-22(10-14-25)26(3,4)21-7-11-24(12-8-21)30-17-20(2)16-27/h7-14,20,23,28H,5-6,15-19H2,1-4H3/t20-,23-/m1/s1. The van der Waals surface area contributed by atoms with Crippen LogP contribution < -0.4 is 9.47 Å². The molecule has 0 fully saturated rings. The van der Waals surface area contributed by atoms with Gasteiger partial charge in [-0.25, -0.2) is 0 Å². The summed E-state index contributed by atoms with van der Waals surface area (Å²) in [7, 11) is 0. The lowest BCUT2D eigenvalue weighted by molar-refractivity contribution is 0.0113. The highest BCUT2D eigenvalue weighted by Gasteiger charge is 2.23. The van der Waals surface area contributed by atoms with Crippen molar-refractivity contribution in [3.63, 3.8) is 0 Å². The van der Waals surface area contributed by atoms with Crippen molar-refractivity contribution in [1.82, 2.24) is 0 Å². The molecule has 0 saturated heterocycles. The Kier molecular flexibility index (Phi) is 10.7. The largest absolute Gasteiger partial charge is 0.493 e. The van der Waals surface area contributed by atoms with Crippen LogP contribution in [0.5, 0.6) is 11.5 Å². The van der Waals surface area contributed by atoms with Gasteiger partial charge in [-0.05, 0) is 41.8 Å². The van der Waals surface area contributed by atoms with Gasteiger partial charge < -0.3 is 19.3 Å². The minimum atomic E-state index is -0.624. The minimum absolute atomic E-state index is 0.160. The van der Waals surface area contributed by atoms with Crippen LogP contribution in [-0.4, -0.2) is 43.5 Å². The molecule has 0 aliphatic rings. The molecule has 0 spiro atoms. The molecule has 0 heterocycles. The van der Waals surface area contributed by atoms with Gasteiger partial charge >= 0.3 is 0 Å². The average molecular weight is 449 g/mol. The Hall–Kier alpha value is -1.75. The lowest BCUT2D eigenvalue weighted by atomic mass is 9.78. The van der Waals surface area contributed by atoms with E-state index in [-0.39, 0.29) is 12.0 Å². The summed E-state index contributed by atoms with van der Waals surface area (Å²) in [5.74, 6) is 2.52. The molecular formula is C26H37ClO4. The topological polar surface area (TPSA) is 47.9 Å². The second-order valence-electron chi connectivity index (χ2n) is 8.64. The van der Waals surface area contributed by atoms with E-state index in [4.69, 9.17) is 25.8 Å². The summed E-state index contributed by atoms with van der Waals surface area (Å²) < 4.78 is 16.9. The zero-order valence-electron chi connectivity index (χ0n) is 19.3. The van der Waals surface area contributed by atoms with E-state index < -0.39 is 6.10 Å². The van der Waals surface area contributed by atoms with E-state index in [0.29, 0.717) is 31.6 Å². The number of ether oxygens (including phenoxy) is 3. The van der Waals surface area contributed by atoms with Crippen molar-refractivity contribution in [3.05, 3.63) is 59.7 Å². The molecule has 5 heteroatoms. The van der Waals surface area contributed by atoms with Crippen LogP contribution in [0, 0.1) is 5.92 Å². The number of aliphatic hydroxyl groups is 1. The second-order valence-corrected chi connectivity index (χ2v) is 8.95. The normalized spacial score (nSPS) is 13.6. The average Bonchev–Trinajstić information content (AvgIpc) is 2.79. The van der Waals surface area contributed by atoms with Crippen molar-refractivity contribution in [2.45, 2.75) is 52.1 Å². The third-order valence-electron chi connectivity index (χ3n) is 5.34.